The predicted molar refractivity (Wildman–Crippen MR) is 76.9 cm³/mol. The maximum absolute atomic E-state index is 12.0. The van der Waals surface area contributed by atoms with Crippen LogP contribution in [0.25, 0.3) is 0 Å². The van der Waals surface area contributed by atoms with Gasteiger partial charge in [-0.1, -0.05) is 13.8 Å². The highest BCUT2D eigenvalue weighted by Crippen LogP contribution is 2.30. The Hall–Kier alpha value is -1.95. The normalized spacial score (nSPS) is 14.6. The summed E-state index contributed by atoms with van der Waals surface area (Å²) >= 11 is 0. The van der Waals surface area contributed by atoms with Crippen LogP contribution in [0.3, 0.4) is 0 Å². The van der Waals surface area contributed by atoms with Crippen LogP contribution in [0.15, 0.2) is 18.2 Å². The van der Waals surface area contributed by atoms with Gasteiger partial charge in [0, 0.05) is 43.4 Å². The second-order valence-corrected chi connectivity index (χ2v) is 5.22. The molecule has 0 fully saturated rings. The number of rotatable bonds is 5. The SMILES string of the molecule is CC(C)NCCN1C(=O)CCc2cc([N+](=O)[O-])ccc21. The summed E-state index contributed by atoms with van der Waals surface area (Å²) in [4.78, 5) is 24.1. The summed E-state index contributed by atoms with van der Waals surface area (Å²) in [5.41, 5.74) is 1.76. The maximum atomic E-state index is 12.0. The Kier molecular flexibility index (Phi) is 4.34. The Morgan fingerprint density at radius 3 is 2.80 bits per heavy atom. The fraction of sp³-hybridized carbons (Fsp3) is 0.500. The minimum Gasteiger partial charge on any atom is -0.313 e. The van der Waals surface area contributed by atoms with Gasteiger partial charge in [-0.25, -0.2) is 0 Å². The van der Waals surface area contributed by atoms with Gasteiger partial charge in [0.15, 0.2) is 0 Å². The summed E-state index contributed by atoms with van der Waals surface area (Å²) in [5, 5.41) is 14.1. The number of amides is 1. The van der Waals surface area contributed by atoms with Crippen molar-refractivity contribution < 1.29 is 9.72 Å². The van der Waals surface area contributed by atoms with E-state index in [1.807, 2.05) is 0 Å². The lowest BCUT2D eigenvalue weighted by Crippen LogP contribution is -2.41. The molecule has 6 nitrogen and oxygen atoms in total. The number of nitro groups is 1. The largest absolute Gasteiger partial charge is 0.313 e. The fourth-order valence-electron chi connectivity index (χ4n) is 2.37. The Labute approximate surface area is 117 Å². The molecule has 0 spiro atoms. The van der Waals surface area contributed by atoms with E-state index in [2.05, 4.69) is 19.2 Å². The zero-order valence-electron chi connectivity index (χ0n) is 11.8. The molecule has 0 unspecified atom stereocenters. The number of hydrogen-bond donors (Lipinski definition) is 1. The highest BCUT2D eigenvalue weighted by molar-refractivity contribution is 5.96. The lowest BCUT2D eigenvalue weighted by molar-refractivity contribution is -0.384. The molecule has 0 bridgehead atoms. The number of fused-ring (bicyclic) bond motifs is 1. The molecule has 0 radical (unpaired) electrons. The van der Waals surface area contributed by atoms with Crippen LogP contribution in [0.1, 0.15) is 25.8 Å². The van der Waals surface area contributed by atoms with Gasteiger partial charge in [0.1, 0.15) is 0 Å². The molecule has 2 rings (SSSR count). The molecular formula is C14H19N3O3. The lowest BCUT2D eigenvalue weighted by Gasteiger charge is -2.29. The fourth-order valence-corrected chi connectivity index (χ4v) is 2.37. The monoisotopic (exact) mass is 277 g/mol. The molecule has 1 N–H and O–H groups in total. The molecule has 0 atom stereocenters. The zero-order chi connectivity index (χ0) is 14.7. The second kappa shape index (κ2) is 6.00. The zero-order valence-corrected chi connectivity index (χ0v) is 11.8. The van der Waals surface area contributed by atoms with Gasteiger partial charge < -0.3 is 10.2 Å². The number of carbonyl (C=O) groups is 1. The first-order valence-electron chi connectivity index (χ1n) is 6.80. The topological polar surface area (TPSA) is 75.5 Å². The first kappa shape index (κ1) is 14.5. The van der Waals surface area contributed by atoms with E-state index in [9.17, 15) is 14.9 Å². The second-order valence-electron chi connectivity index (χ2n) is 5.22. The van der Waals surface area contributed by atoms with E-state index in [4.69, 9.17) is 0 Å². The predicted octanol–water partition coefficient (Wildman–Crippen LogP) is 1.87. The smallest absolute Gasteiger partial charge is 0.269 e. The number of hydrogen-bond acceptors (Lipinski definition) is 4. The molecule has 0 aromatic heterocycles. The number of nitro benzene ring substituents is 1. The number of carbonyl (C=O) groups excluding carboxylic acids is 1. The molecule has 108 valence electrons. The van der Waals surface area contributed by atoms with E-state index in [-0.39, 0.29) is 11.6 Å². The number of aryl methyl sites for hydroxylation is 1. The van der Waals surface area contributed by atoms with Crippen molar-refractivity contribution in [1.29, 1.82) is 0 Å². The van der Waals surface area contributed by atoms with Crippen molar-refractivity contribution in [3.8, 4) is 0 Å². The van der Waals surface area contributed by atoms with E-state index in [0.29, 0.717) is 32.0 Å². The van der Waals surface area contributed by atoms with E-state index in [1.54, 1.807) is 17.0 Å². The maximum Gasteiger partial charge on any atom is 0.269 e. The lowest BCUT2D eigenvalue weighted by atomic mass is 10.0. The van der Waals surface area contributed by atoms with Crippen molar-refractivity contribution in [3.63, 3.8) is 0 Å². The van der Waals surface area contributed by atoms with Gasteiger partial charge in [-0.15, -0.1) is 0 Å². The van der Waals surface area contributed by atoms with E-state index in [0.717, 1.165) is 11.3 Å². The third-order valence-electron chi connectivity index (χ3n) is 3.36. The molecule has 0 aliphatic carbocycles. The van der Waals surface area contributed by atoms with Crippen LogP contribution < -0.4 is 10.2 Å². The Morgan fingerprint density at radius 2 is 2.15 bits per heavy atom. The van der Waals surface area contributed by atoms with Gasteiger partial charge >= 0.3 is 0 Å². The molecule has 0 saturated carbocycles. The van der Waals surface area contributed by atoms with Gasteiger partial charge in [0.05, 0.1) is 4.92 Å². The molecule has 1 amide bonds. The third kappa shape index (κ3) is 3.14. The Morgan fingerprint density at radius 1 is 1.40 bits per heavy atom. The molecule has 1 heterocycles. The number of benzene rings is 1. The van der Waals surface area contributed by atoms with Crippen LogP contribution in [0.2, 0.25) is 0 Å². The van der Waals surface area contributed by atoms with Crippen LogP contribution in [-0.4, -0.2) is 30.0 Å². The van der Waals surface area contributed by atoms with Crippen molar-refractivity contribution >= 4 is 17.3 Å². The summed E-state index contributed by atoms with van der Waals surface area (Å²) in [6, 6.07) is 5.08. The molecule has 1 aliphatic heterocycles. The van der Waals surface area contributed by atoms with Crippen LogP contribution in [-0.2, 0) is 11.2 Å². The van der Waals surface area contributed by atoms with Crippen LogP contribution in [0.4, 0.5) is 11.4 Å². The molecule has 0 saturated heterocycles. The van der Waals surface area contributed by atoms with Gasteiger partial charge in [0.25, 0.3) is 5.69 Å². The van der Waals surface area contributed by atoms with Crippen molar-refractivity contribution in [2.75, 3.05) is 18.0 Å². The minimum absolute atomic E-state index is 0.0805. The van der Waals surface area contributed by atoms with Crippen molar-refractivity contribution in [2.24, 2.45) is 0 Å². The average Bonchev–Trinajstić information content (AvgIpc) is 2.40. The van der Waals surface area contributed by atoms with Gasteiger partial charge in [-0.2, -0.15) is 0 Å². The quantitative estimate of drug-likeness (QED) is 0.658. The number of non-ortho nitro benzene ring substituents is 1. The van der Waals surface area contributed by atoms with Crippen molar-refractivity contribution in [2.45, 2.75) is 32.7 Å². The molecule has 1 aliphatic rings. The summed E-state index contributed by atoms with van der Waals surface area (Å²) in [5.74, 6) is 0.0805. The van der Waals surface area contributed by atoms with E-state index >= 15 is 0 Å². The summed E-state index contributed by atoms with van der Waals surface area (Å²) < 4.78 is 0. The number of anilines is 1. The Balaban J connectivity index is 2.18. The minimum atomic E-state index is -0.401. The Bertz CT molecular complexity index is 528. The van der Waals surface area contributed by atoms with E-state index in [1.165, 1.54) is 6.07 Å². The molecule has 1 aromatic carbocycles. The average molecular weight is 277 g/mol. The van der Waals surface area contributed by atoms with Gasteiger partial charge in [-0.05, 0) is 18.1 Å². The summed E-state index contributed by atoms with van der Waals surface area (Å²) in [7, 11) is 0. The van der Waals surface area contributed by atoms with Crippen LogP contribution >= 0.6 is 0 Å². The highest BCUT2D eigenvalue weighted by atomic mass is 16.6. The summed E-state index contributed by atoms with van der Waals surface area (Å²) in [6.07, 6.45) is 0.986. The standard InChI is InChI=1S/C14H19N3O3/c1-10(2)15-7-8-16-13-5-4-12(17(19)20)9-11(13)3-6-14(16)18/h4-5,9-10,15H,3,6-8H2,1-2H3. The first-order chi connectivity index (χ1) is 9.49. The van der Waals surface area contributed by atoms with Crippen molar-refractivity contribution in [1.82, 2.24) is 5.32 Å². The van der Waals surface area contributed by atoms with Gasteiger partial charge in [-0.3, -0.25) is 14.9 Å². The summed E-state index contributed by atoms with van der Waals surface area (Å²) in [6.45, 7) is 5.40. The number of nitrogens with zero attached hydrogens (tertiary/aromatic N) is 2. The first-order valence-corrected chi connectivity index (χ1v) is 6.80. The molecular weight excluding hydrogens is 258 g/mol. The molecule has 1 aromatic rings. The van der Waals surface area contributed by atoms with Crippen LogP contribution in [0, 0.1) is 10.1 Å². The van der Waals surface area contributed by atoms with Crippen LogP contribution in [0.5, 0.6) is 0 Å². The van der Waals surface area contributed by atoms with Crippen molar-refractivity contribution in [3.05, 3.63) is 33.9 Å². The molecule has 20 heavy (non-hydrogen) atoms. The molecule has 6 heteroatoms. The van der Waals surface area contributed by atoms with Gasteiger partial charge in [0.2, 0.25) is 5.91 Å². The third-order valence-corrected chi connectivity index (χ3v) is 3.36. The highest BCUT2D eigenvalue weighted by Gasteiger charge is 2.25. The number of nitrogens with one attached hydrogen (secondary N) is 1. The van der Waals surface area contributed by atoms with E-state index < -0.39 is 4.92 Å².